The summed E-state index contributed by atoms with van der Waals surface area (Å²) in [6, 6.07) is 13.1. The fourth-order valence-electron chi connectivity index (χ4n) is 3.25. The van der Waals surface area contributed by atoms with Crippen LogP contribution < -0.4 is 5.73 Å². The Morgan fingerprint density at radius 1 is 1.17 bits per heavy atom. The molecule has 2 aromatic heterocycles. The monoisotopic (exact) mass is 339 g/mol. The van der Waals surface area contributed by atoms with E-state index in [0.29, 0.717) is 11.9 Å². The summed E-state index contributed by atoms with van der Waals surface area (Å²) in [7, 11) is 0. The van der Waals surface area contributed by atoms with E-state index in [4.69, 9.17) is 5.73 Å². The second-order valence-corrected chi connectivity index (χ2v) is 7.12. The van der Waals surface area contributed by atoms with E-state index in [-0.39, 0.29) is 0 Å². The fraction of sp³-hybridized carbons (Fsp3) is 0.350. The van der Waals surface area contributed by atoms with E-state index >= 15 is 0 Å². The second kappa shape index (κ2) is 7.67. The Hall–Kier alpha value is -2.07. The summed E-state index contributed by atoms with van der Waals surface area (Å²) in [4.78, 5) is 5.59. The molecule has 3 nitrogen and oxygen atoms in total. The van der Waals surface area contributed by atoms with E-state index in [1.165, 1.54) is 36.6 Å². The Morgan fingerprint density at radius 3 is 2.62 bits per heavy atom. The van der Waals surface area contributed by atoms with Crippen LogP contribution in [0, 0.1) is 0 Å². The molecule has 24 heavy (non-hydrogen) atoms. The molecule has 0 aliphatic rings. The number of hydrogen-bond acceptors (Lipinski definition) is 2. The number of thiophene rings is 1. The normalized spacial score (nSPS) is 12.4. The van der Waals surface area contributed by atoms with Crippen LogP contribution in [0.5, 0.6) is 0 Å². The predicted octanol–water partition coefficient (Wildman–Crippen LogP) is 5.88. The van der Waals surface area contributed by atoms with Crippen LogP contribution in [0.3, 0.4) is 0 Å². The standard InChI is InChI=1S/C20H25N3S/c1-3-6-17(7-4-2)23-12-11-15-14-16(9-10-18(15)23)22-20(21)19-8-5-13-24-19/h5,8-14,17H,3-4,6-7H2,1-2H3,(H2,21,22). The van der Waals surface area contributed by atoms with Gasteiger partial charge in [-0.15, -0.1) is 11.3 Å². The summed E-state index contributed by atoms with van der Waals surface area (Å²) >= 11 is 1.61. The maximum absolute atomic E-state index is 6.10. The molecule has 0 fully saturated rings. The van der Waals surface area contributed by atoms with E-state index in [1.807, 2.05) is 17.5 Å². The molecule has 0 aliphatic heterocycles. The zero-order valence-corrected chi connectivity index (χ0v) is 15.2. The lowest BCUT2D eigenvalue weighted by molar-refractivity contribution is 0.438. The molecule has 0 aliphatic carbocycles. The van der Waals surface area contributed by atoms with E-state index in [9.17, 15) is 0 Å². The largest absolute Gasteiger partial charge is 0.383 e. The van der Waals surface area contributed by atoms with Crippen LogP contribution >= 0.6 is 11.3 Å². The summed E-state index contributed by atoms with van der Waals surface area (Å²) in [5, 5.41) is 3.25. The number of rotatable bonds is 7. The molecule has 3 aromatic rings. The highest BCUT2D eigenvalue weighted by Gasteiger charge is 2.12. The highest BCUT2D eigenvalue weighted by Crippen LogP contribution is 2.29. The Bertz CT molecular complexity index is 809. The zero-order chi connectivity index (χ0) is 16.9. The number of nitrogens with two attached hydrogens (primary N) is 1. The average Bonchev–Trinajstić information content (AvgIpc) is 3.24. The molecule has 0 amide bonds. The number of benzene rings is 1. The summed E-state index contributed by atoms with van der Waals surface area (Å²) < 4.78 is 2.43. The van der Waals surface area contributed by atoms with E-state index in [2.05, 4.69) is 53.9 Å². The van der Waals surface area contributed by atoms with Gasteiger partial charge in [0.2, 0.25) is 0 Å². The van der Waals surface area contributed by atoms with Gasteiger partial charge in [-0.1, -0.05) is 32.8 Å². The first-order valence-corrected chi connectivity index (χ1v) is 9.59. The summed E-state index contributed by atoms with van der Waals surface area (Å²) in [5.74, 6) is 0.582. The van der Waals surface area contributed by atoms with Gasteiger partial charge in [0.15, 0.2) is 0 Å². The van der Waals surface area contributed by atoms with Crippen molar-refractivity contribution in [3.63, 3.8) is 0 Å². The molecule has 4 heteroatoms. The van der Waals surface area contributed by atoms with Gasteiger partial charge in [-0.05, 0) is 48.6 Å². The van der Waals surface area contributed by atoms with Crippen molar-refractivity contribution in [2.24, 2.45) is 10.7 Å². The van der Waals surface area contributed by atoms with Crippen molar-refractivity contribution in [1.82, 2.24) is 4.57 Å². The van der Waals surface area contributed by atoms with Gasteiger partial charge in [0.05, 0.1) is 10.6 Å². The third-order valence-electron chi connectivity index (χ3n) is 4.36. The summed E-state index contributed by atoms with van der Waals surface area (Å²) in [6.07, 6.45) is 7.09. The third-order valence-corrected chi connectivity index (χ3v) is 5.26. The number of aliphatic imine (C=N–C) groups is 1. The number of amidine groups is 1. The van der Waals surface area contributed by atoms with Crippen molar-refractivity contribution in [2.75, 3.05) is 0 Å². The van der Waals surface area contributed by atoms with Gasteiger partial charge < -0.3 is 10.3 Å². The molecule has 1 aromatic carbocycles. The molecule has 2 heterocycles. The van der Waals surface area contributed by atoms with E-state index in [1.54, 1.807) is 11.3 Å². The Morgan fingerprint density at radius 2 is 1.96 bits per heavy atom. The molecular formula is C20H25N3S. The highest BCUT2D eigenvalue weighted by molar-refractivity contribution is 7.12. The van der Waals surface area contributed by atoms with Crippen molar-refractivity contribution < 1.29 is 0 Å². The molecule has 0 bridgehead atoms. The van der Waals surface area contributed by atoms with Crippen LogP contribution in [0.15, 0.2) is 53.0 Å². The predicted molar refractivity (Wildman–Crippen MR) is 105 cm³/mol. The van der Waals surface area contributed by atoms with Crippen molar-refractivity contribution in [1.29, 1.82) is 0 Å². The first kappa shape index (κ1) is 16.8. The van der Waals surface area contributed by atoms with Crippen molar-refractivity contribution in [2.45, 2.75) is 45.6 Å². The Balaban J connectivity index is 1.92. The number of aromatic nitrogens is 1. The smallest absolute Gasteiger partial charge is 0.141 e. The Kier molecular flexibility index (Phi) is 5.36. The minimum Gasteiger partial charge on any atom is -0.383 e. The molecule has 3 rings (SSSR count). The maximum Gasteiger partial charge on any atom is 0.141 e. The van der Waals surface area contributed by atoms with Gasteiger partial charge in [0.25, 0.3) is 0 Å². The summed E-state index contributed by atoms with van der Waals surface area (Å²) in [6.45, 7) is 4.52. The Labute approximate surface area is 147 Å². The first-order valence-electron chi connectivity index (χ1n) is 8.71. The van der Waals surface area contributed by atoms with Crippen LogP contribution in [0.4, 0.5) is 5.69 Å². The van der Waals surface area contributed by atoms with Crippen LogP contribution in [-0.2, 0) is 0 Å². The van der Waals surface area contributed by atoms with Crippen LogP contribution in [0.25, 0.3) is 10.9 Å². The topological polar surface area (TPSA) is 43.3 Å². The second-order valence-electron chi connectivity index (χ2n) is 6.17. The average molecular weight is 340 g/mol. The lowest BCUT2D eigenvalue weighted by Crippen LogP contribution is -2.10. The van der Waals surface area contributed by atoms with Crippen LogP contribution in [-0.4, -0.2) is 10.4 Å². The van der Waals surface area contributed by atoms with Crippen LogP contribution in [0.2, 0.25) is 0 Å². The lowest BCUT2D eigenvalue weighted by Gasteiger charge is -2.19. The van der Waals surface area contributed by atoms with Gasteiger partial charge in [0.1, 0.15) is 5.84 Å². The van der Waals surface area contributed by atoms with Crippen molar-refractivity contribution in [3.05, 3.63) is 52.9 Å². The molecular weight excluding hydrogens is 314 g/mol. The maximum atomic E-state index is 6.10. The van der Waals surface area contributed by atoms with Gasteiger partial charge in [-0.3, -0.25) is 0 Å². The van der Waals surface area contributed by atoms with Crippen LogP contribution in [0.1, 0.15) is 50.4 Å². The molecule has 0 saturated carbocycles. The minimum atomic E-state index is 0.582. The molecule has 0 saturated heterocycles. The van der Waals surface area contributed by atoms with Gasteiger partial charge >= 0.3 is 0 Å². The highest BCUT2D eigenvalue weighted by atomic mass is 32.1. The SMILES string of the molecule is CCCC(CCC)n1ccc2cc(N=C(N)c3cccs3)ccc21. The van der Waals surface area contributed by atoms with E-state index in [0.717, 1.165) is 10.6 Å². The molecule has 0 atom stereocenters. The van der Waals surface area contributed by atoms with Gasteiger partial charge in [-0.2, -0.15) is 0 Å². The van der Waals surface area contributed by atoms with Gasteiger partial charge in [-0.25, -0.2) is 4.99 Å². The van der Waals surface area contributed by atoms with E-state index < -0.39 is 0 Å². The summed E-state index contributed by atoms with van der Waals surface area (Å²) in [5.41, 5.74) is 8.30. The number of nitrogens with zero attached hydrogens (tertiary/aromatic N) is 2. The van der Waals surface area contributed by atoms with Crippen molar-refractivity contribution >= 4 is 33.8 Å². The molecule has 126 valence electrons. The number of hydrogen-bond donors (Lipinski definition) is 1. The molecule has 0 radical (unpaired) electrons. The van der Waals surface area contributed by atoms with Gasteiger partial charge in [0, 0.05) is 23.1 Å². The minimum absolute atomic E-state index is 0.582. The third kappa shape index (κ3) is 3.54. The zero-order valence-electron chi connectivity index (χ0n) is 14.4. The number of fused-ring (bicyclic) bond motifs is 1. The fourth-order valence-corrected chi connectivity index (χ4v) is 3.87. The molecule has 0 unspecified atom stereocenters. The quantitative estimate of drug-likeness (QED) is 0.424. The first-order chi connectivity index (χ1) is 11.7. The van der Waals surface area contributed by atoms with Crippen molar-refractivity contribution in [3.8, 4) is 0 Å². The molecule has 0 spiro atoms. The lowest BCUT2D eigenvalue weighted by atomic mass is 10.1. The molecule has 2 N–H and O–H groups in total.